The van der Waals surface area contributed by atoms with Crippen LogP contribution in [0.25, 0.3) is 0 Å². The highest BCUT2D eigenvalue weighted by Crippen LogP contribution is 2.18. The summed E-state index contributed by atoms with van der Waals surface area (Å²) in [6, 6.07) is 25.7. The standard InChI is InChI=1S/C20H15Cl2N/c21-18-10-6-16(7-11-18)20(17-8-12-19(22)13-9-17)23-14-15-4-2-1-3-5-15/h1-13H,14H2. The van der Waals surface area contributed by atoms with E-state index in [0.717, 1.165) is 16.8 Å². The maximum atomic E-state index is 6.00. The molecule has 0 fully saturated rings. The lowest BCUT2D eigenvalue weighted by atomic mass is 10.0. The van der Waals surface area contributed by atoms with Crippen LogP contribution in [0.1, 0.15) is 16.7 Å². The van der Waals surface area contributed by atoms with Gasteiger partial charge in [0.05, 0.1) is 12.3 Å². The predicted molar refractivity (Wildman–Crippen MR) is 98.7 cm³/mol. The van der Waals surface area contributed by atoms with Gasteiger partial charge in [-0.15, -0.1) is 0 Å². The maximum absolute atomic E-state index is 6.00. The van der Waals surface area contributed by atoms with E-state index in [2.05, 4.69) is 12.1 Å². The van der Waals surface area contributed by atoms with Crippen LogP contribution in [0.15, 0.2) is 83.9 Å². The van der Waals surface area contributed by atoms with Crippen LogP contribution in [0.5, 0.6) is 0 Å². The van der Waals surface area contributed by atoms with Crippen molar-refractivity contribution in [3.8, 4) is 0 Å². The largest absolute Gasteiger partial charge is 0.279 e. The van der Waals surface area contributed by atoms with Gasteiger partial charge in [0.1, 0.15) is 0 Å². The zero-order valence-corrected chi connectivity index (χ0v) is 13.9. The molecule has 0 amide bonds. The van der Waals surface area contributed by atoms with Crippen LogP contribution in [0, 0.1) is 0 Å². The monoisotopic (exact) mass is 339 g/mol. The molecule has 0 heterocycles. The third-order valence-corrected chi connectivity index (χ3v) is 4.00. The average Bonchev–Trinajstić information content (AvgIpc) is 2.59. The van der Waals surface area contributed by atoms with E-state index in [-0.39, 0.29) is 0 Å². The lowest BCUT2D eigenvalue weighted by molar-refractivity contribution is 1.07. The van der Waals surface area contributed by atoms with Crippen molar-refractivity contribution in [2.45, 2.75) is 6.54 Å². The van der Waals surface area contributed by atoms with E-state index in [1.54, 1.807) is 0 Å². The van der Waals surface area contributed by atoms with Crippen molar-refractivity contribution in [2.24, 2.45) is 4.99 Å². The Bertz CT molecular complexity index is 744. The van der Waals surface area contributed by atoms with Gasteiger partial charge in [0.2, 0.25) is 0 Å². The summed E-state index contributed by atoms with van der Waals surface area (Å²) >= 11 is 12.0. The zero-order chi connectivity index (χ0) is 16.1. The number of benzene rings is 3. The molecule has 3 heteroatoms. The molecule has 3 rings (SSSR count). The van der Waals surface area contributed by atoms with Gasteiger partial charge in [-0.3, -0.25) is 4.99 Å². The average molecular weight is 340 g/mol. The third kappa shape index (κ3) is 4.22. The highest BCUT2D eigenvalue weighted by Gasteiger charge is 2.07. The smallest absolute Gasteiger partial charge is 0.0723 e. The summed E-state index contributed by atoms with van der Waals surface area (Å²) < 4.78 is 0. The fourth-order valence-corrected chi connectivity index (χ4v) is 2.57. The molecule has 0 aromatic heterocycles. The second-order valence-corrected chi connectivity index (χ2v) is 6.04. The van der Waals surface area contributed by atoms with Crippen molar-refractivity contribution >= 4 is 28.9 Å². The topological polar surface area (TPSA) is 12.4 Å². The van der Waals surface area contributed by atoms with Crippen molar-refractivity contribution in [1.29, 1.82) is 0 Å². The molecule has 0 N–H and O–H groups in total. The molecule has 0 aliphatic carbocycles. The van der Waals surface area contributed by atoms with Crippen LogP contribution in [0.4, 0.5) is 0 Å². The minimum Gasteiger partial charge on any atom is -0.279 e. The summed E-state index contributed by atoms with van der Waals surface area (Å²) in [7, 11) is 0. The van der Waals surface area contributed by atoms with Crippen LogP contribution in [0.2, 0.25) is 10.0 Å². The molecule has 0 aliphatic heterocycles. The fourth-order valence-electron chi connectivity index (χ4n) is 2.32. The summed E-state index contributed by atoms with van der Waals surface area (Å²) in [6.45, 7) is 0.626. The van der Waals surface area contributed by atoms with Gasteiger partial charge in [0.25, 0.3) is 0 Å². The fraction of sp³-hybridized carbons (Fsp3) is 0.0500. The Balaban J connectivity index is 1.99. The van der Waals surface area contributed by atoms with Crippen LogP contribution >= 0.6 is 23.2 Å². The van der Waals surface area contributed by atoms with Crippen LogP contribution in [0.3, 0.4) is 0 Å². The first-order chi connectivity index (χ1) is 11.2. The molecule has 0 aliphatic rings. The highest BCUT2D eigenvalue weighted by molar-refractivity contribution is 6.31. The van der Waals surface area contributed by atoms with E-state index < -0.39 is 0 Å². The molecule has 0 saturated heterocycles. The SMILES string of the molecule is Clc1ccc(C(=NCc2ccccc2)c2ccc(Cl)cc2)cc1. The molecular formula is C20H15Cl2N. The Morgan fingerprint density at radius 2 is 1.13 bits per heavy atom. The first-order valence-electron chi connectivity index (χ1n) is 7.32. The van der Waals surface area contributed by atoms with Crippen molar-refractivity contribution < 1.29 is 0 Å². The Hall–Kier alpha value is -2.09. The normalized spacial score (nSPS) is 10.3. The van der Waals surface area contributed by atoms with Gasteiger partial charge in [-0.2, -0.15) is 0 Å². The molecule has 0 saturated carbocycles. The molecule has 3 aromatic carbocycles. The molecule has 0 bridgehead atoms. The summed E-state index contributed by atoms with van der Waals surface area (Å²) in [5.74, 6) is 0. The van der Waals surface area contributed by atoms with Crippen molar-refractivity contribution in [1.82, 2.24) is 0 Å². The van der Waals surface area contributed by atoms with Crippen molar-refractivity contribution in [2.75, 3.05) is 0 Å². The quantitative estimate of drug-likeness (QED) is 0.514. The molecule has 0 unspecified atom stereocenters. The maximum Gasteiger partial charge on any atom is 0.0723 e. The highest BCUT2D eigenvalue weighted by atomic mass is 35.5. The summed E-state index contributed by atoms with van der Waals surface area (Å²) in [5.41, 5.74) is 4.18. The van der Waals surface area contributed by atoms with Crippen LogP contribution in [-0.4, -0.2) is 5.71 Å². The van der Waals surface area contributed by atoms with E-state index in [4.69, 9.17) is 28.2 Å². The van der Waals surface area contributed by atoms with Gasteiger partial charge in [-0.1, -0.05) is 77.8 Å². The predicted octanol–water partition coefficient (Wildman–Crippen LogP) is 6.03. The number of rotatable bonds is 4. The van der Waals surface area contributed by atoms with Crippen molar-refractivity contribution in [3.63, 3.8) is 0 Å². The van der Waals surface area contributed by atoms with Crippen molar-refractivity contribution in [3.05, 3.63) is 106 Å². The van der Waals surface area contributed by atoms with E-state index in [9.17, 15) is 0 Å². The number of nitrogens with zero attached hydrogens (tertiary/aromatic N) is 1. The number of aliphatic imine (C=N–C) groups is 1. The number of hydrogen-bond donors (Lipinski definition) is 0. The van der Waals surface area contributed by atoms with Gasteiger partial charge in [0, 0.05) is 21.2 Å². The van der Waals surface area contributed by atoms with Gasteiger partial charge in [-0.25, -0.2) is 0 Å². The molecule has 0 radical (unpaired) electrons. The lowest BCUT2D eigenvalue weighted by Gasteiger charge is -2.08. The van der Waals surface area contributed by atoms with Gasteiger partial charge < -0.3 is 0 Å². The van der Waals surface area contributed by atoms with Gasteiger partial charge in [-0.05, 0) is 29.8 Å². The van der Waals surface area contributed by atoms with Crippen LogP contribution < -0.4 is 0 Å². The Morgan fingerprint density at radius 3 is 1.61 bits per heavy atom. The lowest BCUT2D eigenvalue weighted by Crippen LogP contribution is -2.04. The number of hydrogen-bond acceptors (Lipinski definition) is 1. The molecule has 23 heavy (non-hydrogen) atoms. The minimum atomic E-state index is 0.626. The Kier molecular flexibility index (Phi) is 5.12. The van der Waals surface area contributed by atoms with Gasteiger partial charge >= 0.3 is 0 Å². The number of halogens is 2. The molecular weight excluding hydrogens is 325 g/mol. The second kappa shape index (κ2) is 7.45. The Labute approximate surface area is 146 Å². The molecule has 114 valence electrons. The third-order valence-electron chi connectivity index (χ3n) is 3.50. The van der Waals surface area contributed by atoms with E-state index in [0.29, 0.717) is 16.6 Å². The first kappa shape index (κ1) is 15.8. The zero-order valence-electron chi connectivity index (χ0n) is 12.4. The van der Waals surface area contributed by atoms with Crippen LogP contribution in [-0.2, 0) is 6.54 Å². The molecule has 0 atom stereocenters. The summed E-state index contributed by atoms with van der Waals surface area (Å²) in [6.07, 6.45) is 0. The summed E-state index contributed by atoms with van der Waals surface area (Å²) in [4.78, 5) is 4.82. The second-order valence-electron chi connectivity index (χ2n) is 5.16. The first-order valence-corrected chi connectivity index (χ1v) is 8.08. The van der Waals surface area contributed by atoms with E-state index >= 15 is 0 Å². The molecule has 3 aromatic rings. The Morgan fingerprint density at radius 1 is 0.652 bits per heavy atom. The minimum absolute atomic E-state index is 0.626. The van der Waals surface area contributed by atoms with E-state index in [1.807, 2.05) is 66.7 Å². The molecule has 0 spiro atoms. The van der Waals surface area contributed by atoms with E-state index in [1.165, 1.54) is 5.56 Å². The van der Waals surface area contributed by atoms with Gasteiger partial charge in [0.15, 0.2) is 0 Å². The summed E-state index contributed by atoms with van der Waals surface area (Å²) in [5, 5.41) is 1.43. The molecule has 1 nitrogen and oxygen atoms in total.